The third kappa shape index (κ3) is 8.20. The Hall–Kier alpha value is -3.69. The number of carbonyl (C=O) groups is 3. The number of hydrogen-bond donors (Lipinski definition) is 1. The molecule has 1 fully saturated rings. The summed E-state index contributed by atoms with van der Waals surface area (Å²) in [7, 11) is -4.25. The minimum Gasteiger partial charge on any atom is -0.435 e. The highest BCUT2D eigenvalue weighted by Crippen LogP contribution is 2.25. The van der Waals surface area contributed by atoms with E-state index in [0.717, 1.165) is 16.0 Å². The van der Waals surface area contributed by atoms with Crippen LogP contribution in [0.5, 0.6) is 5.75 Å². The monoisotopic (exact) mass is 625 g/mol. The van der Waals surface area contributed by atoms with Crippen LogP contribution in [-0.4, -0.2) is 86.9 Å². The van der Waals surface area contributed by atoms with Crippen LogP contribution in [0, 0.1) is 0 Å². The lowest BCUT2D eigenvalue weighted by Gasteiger charge is -2.28. The van der Waals surface area contributed by atoms with Gasteiger partial charge in [0.1, 0.15) is 5.75 Å². The summed E-state index contributed by atoms with van der Waals surface area (Å²) in [6.45, 7) is -0.709. The fraction of sp³-hybridized carbons (Fsp3) is 0.407. The maximum atomic E-state index is 13.4. The molecule has 0 unspecified atom stereocenters. The molecule has 11 nitrogen and oxygen atoms in total. The van der Waals surface area contributed by atoms with Crippen molar-refractivity contribution in [3.8, 4) is 5.75 Å². The van der Waals surface area contributed by atoms with Crippen LogP contribution in [0.15, 0.2) is 48.5 Å². The summed E-state index contributed by atoms with van der Waals surface area (Å²) in [5.41, 5.74) is 0.556. The number of sulfone groups is 1. The van der Waals surface area contributed by atoms with Gasteiger partial charge >= 0.3 is 12.7 Å². The van der Waals surface area contributed by atoms with Gasteiger partial charge < -0.3 is 24.4 Å². The second-order valence-electron chi connectivity index (χ2n) is 9.33. The number of ether oxygens (including phenoxy) is 3. The van der Waals surface area contributed by atoms with E-state index in [2.05, 4.69) is 15.0 Å². The minimum atomic E-state index is -4.25. The fourth-order valence-electron chi connectivity index (χ4n) is 4.21. The molecule has 3 aromatic rings. The number of morpholine rings is 1. The quantitative estimate of drug-likeness (QED) is 0.300. The van der Waals surface area contributed by atoms with Gasteiger partial charge in [0.15, 0.2) is 20.9 Å². The van der Waals surface area contributed by atoms with Crippen LogP contribution in [0.3, 0.4) is 0 Å². The number of amides is 2. The number of nitrogens with one attached hydrogen (secondary N) is 1. The van der Waals surface area contributed by atoms with Gasteiger partial charge in [0, 0.05) is 18.7 Å². The molecule has 2 aromatic carbocycles. The van der Waals surface area contributed by atoms with Crippen LogP contribution in [0.25, 0.3) is 10.2 Å². The van der Waals surface area contributed by atoms with E-state index in [0.29, 0.717) is 5.52 Å². The molecule has 1 N–H and O–H groups in total. The van der Waals surface area contributed by atoms with E-state index < -0.39 is 57.9 Å². The number of para-hydroxylation sites is 2. The Morgan fingerprint density at radius 3 is 2.48 bits per heavy atom. The topological polar surface area (TPSA) is 141 Å². The van der Waals surface area contributed by atoms with Gasteiger partial charge in [-0.15, -0.1) is 11.3 Å². The van der Waals surface area contributed by atoms with Crippen LogP contribution < -0.4 is 10.1 Å². The number of benzene rings is 2. The molecule has 2 heterocycles. The van der Waals surface area contributed by atoms with Crippen molar-refractivity contribution in [2.24, 2.45) is 0 Å². The van der Waals surface area contributed by atoms with Crippen LogP contribution in [0.1, 0.15) is 28.7 Å². The standard InChI is InChI=1S/C27H29F2N3O8S2/c1-2-18(23(33)25-31-19-8-4-6-10-22(19)41-25)30-24(34)21(40-27(35)32-11-13-38-14-12-32)16-42(36,37)15-17-7-3-5-9-20(17)39-26(28)29/h3-10,18,21,26H,2,11-16H2,1H3,(H,30,34)/t18-,21-/m1/s1. The molecule has 0 radical (unpaired) electrons. The predicted octanol–water partition coefficient (Wildman–Crippen LogP) is 3.43. The van der Waals surface area contributed by atoms with E-state index in [9.17, 15) is 31.6 Å². The van der Waals surface area contributed by atoms with Crippen LogP contribution in [0.2, 0.25) is 0 Å². The Morgan fingerprint density at radius 2 is 1.79 bits per heavy atom. The molecule has 0 saturated carbocycles. The van der Waals surface area contributed by atoms with Gasteiger partial charge in [-0.25, -0.2) is 18.2 Å². The van der Waals surface area contributed by atoms with Gasteiger partial charge in [-0.1, -0.05) is 37.3 Å². The molecule has 1 aromatic heterocycles. The Balaban J connectivity index is 1.54. The first-order valence-electron chi connectivity index (χ1n) is 13.0. The number of Topliss-reactive ketones (excluding diaryl/α,β-unsaturated/α-hetero) is 1. The molecule has 1 saturated heterocycles. The fourth-order valence-corrected chi connectivity index (χ4v) is 6.68. The molecular weight excluding hydrogens is 596 g/mol. The zero-order chi connectivity index (χ0) is 30.3. The first-order valence-corrected chi connectivity index (χ1v) is 15.7. The number of aromatic nitrogens is 1. The number of rotatable bonds is 12. The van der Waals surface area contributed by atoms with Crippen LogP contribution >= 0.6 is 11.3 Å². The van der Waals surface area contributed by atoms with Crippen molar-refractivity contribution in [1.82, 2.24) is 15.2 Å². The first-order chi connectivity index (χ1) is 20.1. The van der Waals surface area contributed by atoms with Gasteiger partial charge in [-0.3, -0.25) is 9.59 Å². The minimum absolute atomic E-state index is 0.0612. The van der Waals surface area contributed by atoms with E-state index in [1.807, 2.05) is 0 Å². The predicted molar refractivity (Wildman–Crippen MR) is 149 cm³/mol. The Labute approximate surface area is 244 Å². The van der Waals surface area contributed by atoms with Gasteiger partial charge in [0.2, 0.25) is 5.78 Å². The summed E-state index contributed by atoms with van der Waals surface area (Å²) < 4.78 is 67.9. The average Bonchev–Trinajstić information content (AvgIpc) is 3.40. The summed E-state index contributed by atoms with van der Waals surface area (Å²) in [6, 6.07) is 11.4. The molecule has 0 spiro atoms. The van der Waals surface area contributed by atoms with E-state index >= 15 is 0 Å². The van der Waals surface area contributed by atoms with Crippen molar-refractivity contribution in [3.63, 3.8) is 0 Å². The number of thiazole rings is 1. The molecule has 2 amide bonds. The van der Waals surface area contributed by atoms with E-state index in [4.69, 9.17) is 9.47 Å². The maximum Gasteiger partial charge on any atom is 0.410 e. The number of hydrogen-bond acceptors (Lipinski definition) is 10. The first kappa shape index (κ1) is 31.3. The number of nitrogens with zero attached hydrogens (tertiary/aromatic N) is 2. The molecule has 42 heavy (non-hydrogen) atoms. The molecular formula is C27H29F2N3O8S2. The van der Waals surface area contributed by atoms with Crippen LogP contribution in [0.4, 0.5) is 13.6 Å². The summed E-state index contributed by atoms with van der Waals surface area (Å²) in [5, 5.41) is 2.67. The molecule has 226 valence electrons. The van der Waals surface area contributed by atoms with Crippen molar-refractivity contribution in [2.45, 2.75) is 37.9 Å². The second-order valence-corrected chi connectivity index (χ2v) is 12.5. The van der Waals surface area contributed by atoms with Crippen molar-refractivity contribution in [2.75, 3.05) is 32.1 Å². The lowest BCUT2D eigenvalue weighted by Crippen LogP contribution is -2.51. The molecule has 2 atom stereocenters. The Bertz CT molecular complexity index is 1490. The van der Waals surface area contributed by atoms with Gasteiger partial charge in [0.05, 0.1) is 41.0 Å². The third-order valence-corrected chi connectivity index (χ3v) is 8.93. The third-order valence-electron chi connectivity index (χ3n) is 6.32. The molecule has 0 aliphatic carbocycles. The zero-order valence-electron chi connectivity index (χ0n) is 22.5. The van der Waals surface area contributed by atoms with Crippen LogP contribution in [-0.2, 0) is 29.9 Å². The number of fused-ring (bicyclic) bond motifs is 1. The highest BCUT2D eigenvalue weighted by atomic mass is 32.2. The second kappa shape index (κ2) is 14.0. The normalized spacial score (nSPS) is 15.3. The molecule has 4 rings (SSSR count). The SMILES string of the molecule is CC[C@@H](NC(=O)[C@@H](CS(=O)(=O)Cc1ccccc1OC(F)F)OC(=O)N1CCOCC1)C(=O)c1nc2ccccc2s1. The summed E-state index contributed by atoms with van der Waals surface area (Å²) in [5.74, 6) is -3.56. The van der Waals surface area contributed by atoms with Gasteiger partial charge in [-0.2, -0.15) is 8.78 Å². The summed E-state index contributed by atoms with van der Waals surface area (Å²) >= 11 is 1.15. The largest absolute Gasteiger partial charge is 0.435 e. The average molecular weight is 626 g/mol. The van der Waals surface area contributed by atoms with Crippen molar-refractivity contribution in [3.05, 3.63) is 59.1 Å². The molecule has 15 heteroatoms. The zero-order valence-corrected chi connectivity index (χ0v) is 24.2. The molecule has 1 aliphatic rings. The van der Waals surface area contributed by atoms with Crippen molar-refractivity contribution < 1.29 is 45.8 Å². The van der Waals surface area contributed by atoms with Crippen molar-refractivity contribution in [1.29, 1.82) is 0 Å². The van der Waals surface area contributed by atoms with E-state index in [1.165, 1.54) is 29.2 Å². The molecule has 1 aliphatic heterocycles. The van der Waals surface area contributed by atoms with Gasteiger partial charge in [0.25, 0.3) is 5.91 Å². The maximum absolute atomic E-state index is 13.4. The number of ketones is 1. The highest BCUT2D eigenvalue weighted by molar-refractivity contribution is 7.90. The van der Waals surface area contributed by atoms with Crippen molar-refractivity contribution >= 4 is 49.2 Å². The van der Waals surface area contributed by atoms with Gasteiger partial charge in [-0.05, 0) is 24.6 Å². The smallest absolute Gasteiger partial charge is 0.410 e. The lowest BCUT2D eigenvalue weighted by atomic mass is 10.1. The Kier molecular flexibility index (Phi) is 10.4. The summed E-state index contributed by atoms with van der Waals surface area (Å²) in [6.07, 6.45) is -2.62. The van der Waals surface area contributed by atoms with E-state index in [1.54, 1.807) is 31.2 Å². The summed E-state index contributed by atoms with van der Waals surface area (Å²) in [4.78, 5) is 45.1. The highest BCUT2D eigenvalue weighted by Gasteiger charge is 2.34. The number of alkyl halides is 2. The number of carbonyl (C=O) groups excluding carboxylic acids is 3. The Morgan fingerprint density at radius 1 is 1.10 bits per heavy atom. The number of halogens is 2. The molecule has 0 bridgehead atoms. The van der Waals surface area contributed by atoms with E-state index in [-0.39, 0.29) is 49.0 Å². The lowest BCUT2D eigenvalue weighted by molar-refractivity contribution is -0.129.